The third kappa shape index (κ3) is 2.41. The number of carboxylic acids is 1. The van der Waals surface area contributed by atoms with Crippen molar-refractivity contribution < 1.29 is 14.7 Å². The fourth-order valence-corrected chi connectivity index (χ4v) is 1.35. The van der Waals surface area contributed by atoms with Gasteiger partial charge in [0.25, 0.3) is 0 Å². The van der Waals surface area contributed by atoms with Gasteiger partial charge in [-0.05, 0) is 12.1 Å². The van der Waals surface area contributed by atoms with Gasteiger partial charge in [-0.15, -0.1) is 5.10 Å². The number of aliphatic carboxylic acids is 1. The zero-order valence-corrected chi connectivity index (χ0v) is 9.07. The predicted molar refractivity (Wildman–Crippen MR) is 61.3 cm³/mol. The van der Waals surface area contributed by atoms with E-state index in [4.69, 9.17) is 5.11 Å². The molecule has 88 valence electrons. The van der Waals surface area contributed by atoms with Crippen molar-refractivity contribution >= 4 is 12.3 Å². The molecular weight excluding hydrogens is 234 g/mol. The minimum atomic E-state index is -1.21. The minimum Gasteiger partial charge on any atom is -0.472 e. The summed E-state index contributed by atoms with van der Waals surface area (Å²) in [6, 6.07) is 6.85. The highest BCUT2D eigenvalue weighted by Crippen LogP contribution is 2.12. The molecule has 0 saturated heterocycles. The SMILES string of the molecule is O=Cc1cn(-c2ccccc2C#CC(=O)O)nn1. The summed E-state index contributed by atoms with van der Waals surface area (Å²) in [7, 11) is 0. The van der Waals surface area contributed by atoms with Crippen molar-refractivity contribution in [3.8, 4) is 17.5 Å². The Morgan fingerprint density at radius 1 is 1.39 bits per heavy atom. The standard InChI is InChI=1S/C12H7N3O3/c16-8-10-7-15(14-13-10)11-4-2-1-3-9(11)5-6-12(17)18/h1-4,7-8H,(H,17,18). The van der Waals surface area contributed by atoms with Crippen molar-refractivity contribution in [3.63, 3.8) is 0 Å². The van der Waals surface area contributed by atoms with Crippen LogP contribution in [-0.4, -0.2) is 32.4 Å². The van der Waals surface area contributed by atoms with Gasteiger partial charge < -0.3 is 5.11 Å². The zero-order chi connectivity index (χ0) is 13.0. The fraction of sp³-hybridized carbons (Fsp3) is 0. The van der Waals surface area contributed by atoms with Gasteiger partial charge in [0.1, 0.15) is 5.69 Å². The van der Waals surface area contributed by atoms with E-state index in [0.717, 1.165) is 0 Å². The van der Waals surface area contributed by atoms with Crippen molar-refractivity contribution in [3.05, 3.63) is 41.7 Å². The lowest BCUT2D eigenvalue weighted by atomic mass is 10.2. The average molecular weight is 241 g/mol. The van der Waals surface area contributed by atoms with Gasteiger partial charge in [-0.25, -0.2) is 9.48 Å². The number of hydrogen-bond donors (Lipinski definition) is 1. The van der Waals surface area contributed by atoms with Gasteiger partial charge in [0.05, 0.1) is 17.4 Å². The van der Waals surface area contributed by atoms with Crippen LogP contribution >= 0.6 is 0 Å². The Bertz CT molecular complexity index is 664. The van der Waals surface area contributed by atoms with Crippen LogP contribution < -0.4 is 0 Å². The van der Waals surface area contributed by atoms with Crippen LogP contribution in [0.5, 0.6) is 0 Å². The Labute approximate surface area is 102 Å². The summed E-state index contributed by atoms with van der Waals surface area (Å²) >= 11 is 0. The van der Waals surface area contributed by atoms with E-state index >= 15 is 0 Å². The summed E-state index contributed by atoms with van der Waals surface area (Å²) in [5, 5.41) is 15.9. The maximum Gasteiger partial charge on any atom is 0.382 e. The lowest BCUT2D eigenvalue weighted by molar-refractivity contribution is -0.130. The molecule has 18 heavy (non-hydrogen) atoms. The van der Waals surface area contributed by atoms with Gasteiger partial charge in [0, 0.05) is 5.92 Å². The van der Waals surface area contributed by atoms with E-state index in [-0.39, 0.29) is 5.69 Å². The van der Waals surface area contributed by atoms with E-state index < -0.39 is 5.97 Å². The van der Waals surface area contributed by atoms with Gasteiger partial charge in [-0.2, -0.15) is 0 Å². The van der Waals surface area contributed by atoms with Crippen LogP contribution in [0.4, 0.5) is 0 Å². The Morgan fingerprint density at radius 3 is 2.83 bits per heavy atom. The predicted octanol–water partition coefficient (Wildman–Crippen LogP) is 0.516. The van der Waals surface area contributed by atoms with Gasteiger partial charge >= 0.3 is 5.97 Å². The van der Waals surface area contributed by atoms with Crippen molar-refractivity contribution in [1.82, 2.24) is 15.0 Å². The van der Waals surface area contributed by atoms with Crippen LogP contribution in [0.3, 0.4) is 0 Å². The highest BCUT2D eigenvalue weighted by molar-refractivity contribution is 5.87. The number of aldehydes is 1. The Morgan fingerprint density at radius 2 is 2.17 bits per heavy atom. The number of para-hydroxylation sites is 1. The summed E-state index contributed by atoms with van der Waals surface area (Å²) < 4.78 is 1.37. The fourth-order valence-electron chi connectivity index (χ4n) is 1.35. The lowest BCUT2D eigenvalue weighted by Crippen LogP contribution is -1.98. The quantitative estimate of drug-likeness (QED) is 0.611. The largest absolute Gasteiger partial charge is 0.472 e. The molecule has 0 unspecified atom stereocenters. The molecule has 1 heterocycles. The van der Waals surface area contributed by atoms with Crippen LogP contribution in [0, 0.1) is 11.8 Å². The van der Waals surface area contributed by atoms with Crippen molar-refractivity contribution in [2.24, 2.45) is 0 Å². The van der Waals surface area contributed by atoms with E-state index in [9.17, 15) is 9.59 Å². The molecule has 1 aromatic heterocycles. The second-order valence-corrected chi connectivity index (χ2v) is 3.28. The van der Waals surface area contributed by atoms with Crippen molar-refractivity contribution in [2.75, 3.05) is 0 Å². The minimum absolute atomic E-state index is 0.191. The van der Waals surface area contributed by atoms with E-state index in [1.807, 2.05) is 5.92 Å². The van der Waals surface area contributed by atoms with Crippen LogP contribution in [0.15, 0.2) is 30.5 Å². The molecule has 0 spiro atoms. The Balaban J connectivity index is 2.48. The number of aromatic nitrogens is 3. The first-order valence-corrected chi connectivity index (χ1v) is 4.92. The number of carbonyl (C=O) groups excluding carboxylic acids is 1. The molecule has 1 N–H and O–H groups in total. The lowest BCUT2D eigenvalue weighted by Gasteiger charge is -2.02. The normalized spacial score (nSPS) is 9.33. The molecule has 0 saturated carbocycles. The number of carboxylic acid groups (broad SMARTS) is 1. The van der Waals surface area contributed by atoms with Crippen LogP contribution in [0.25, 0.3) is 5.69 Å². The van der Waals surface area contributed by atoms with E-state index in [1.165, 1.54) is 10.9 Å². The summed E-state index contributed by atoms with van der Waals surface area (Å²) in [5.41, 5.74) is 1.24. The molecule has 0 aliphatic rings. The molecule has 0 radical (unpaired) electrons. The summed E-state index contributed by atoms with van der Waals surface area (Å²) in [6.07, 6.45) is 2.02. The first-order chi connectivity index (χ1) is 8.70. The molecule has 0 aliphatic heterocycles. The molecule has 0 aliphatic carbocycles. The third-order valence-electron chi connectivity index (χ3n) is 2.09. The molecular formula is C12H7N3O3. The molecule has 1 aromatic carbocycles. The monoisotopic (exact) mass is 241 g/mol. The third-order valence-corrected chi connectivity index (χ3v) is 2.09. The zero-order valence-electron chi connectivity index (χ0n) is 9.07. The molecule has 0 bridgehead atoms. The van der Waals surface area contributed by atoms with Crippen LogP contribution in [0.2, 0.25) is 0 Å². The van der Waals surface area contributed by atoms with Gasteiger partial charge in [-0.3, -0.25) is 4.79 Å². The van der Waals surface area contributed by atoms with Gasteiger partial charge in [-0.1, -0.05) is 23.3 Å². The number of nitrogens with zero attached hydrogens (tertiary/aromatic N) is 3. The molecule has 6 nitrogen and oxygen atoms in total. The highest BCUT2D eigenvalue weighted by atomic mass is 16.4. The molecule has 2 aromatic rings. The first-order valence-electron chi connectivity index (χ1n) is 4.92. The highest BCUT2D eigenvalue weighted by Gasteiger charge is 2.05. The second-order valence-electron chi connectivity index (χ2n) is 3.28. The van der Waals surface area contributed by atoms with Crippen LogP contribution in [-0.2, 0) is 4.79 Å². The average Bonchev–Trinajstić information content (AvgIpc) is 2.85. The molecule has 0 fully saturated rings. The van der Waals surface area contributed by atoms with Gasteiger partial charge in [0.15, 0.2) is 6.29 Å². The van der Waals surface area contributed by atoms with Crippen LogP contribution in [0.1, 0.15) is 16.1 Å². The first kappa shape index (κ1) is 11.5. The smallest absolute Gasteiger partial charge is 0.382 e. The topological polar surface area (TPSA) is 85.1 Å². The Kier molecular flexibility index (Phi) is 3.16. The van der Waals surface area contributed by atoms with E-state index in [0.29, 0.717) is 17.5 Å². The maximum absolute atomic E-state index is 10.5. The number of benzene rings is 1. The molecule has 0 atom stereocenters. The number of rotatable bonds is 2. The maximum atomic E-state index is 10.5. The van der Waals surface area contributed by atoms with Crippen molar-refractivity contribution in [2.45, 2.75) is 0 Å². The molecule has 0 amide bonds. The summed E-state index contributed by atoms with van der Waals surface area (Å²) in [4.78, 5) is 20.9. The van der Waals surface area contributed by atoms with Gasteiger partial charge in [0.2, 0.25) is 0 Å². The van der Waals surface area contributed by atoms with E-state index in [2.05, 4.69) is 16.2 Å². The Hall–Kier alpha value is -2.94. The summed E-state index contributed by atoms with van der Waals surface area (Å²) in [5.74, 6) is 3.33. The molecule has 6 heteroatoms. The van der Waals surface area contributed by atoms with E-state index in [1.54, 1.807) is 24.3 Å². The van der Waals surface area contributed by atoms with Crippen molar-refractivity contribution in [1.29, 1.82) is 0 Å². The number of hydrogen-bond acceptors (Lipinski definition) is 4. The molecule has 2 rings (SSSR count). The summed E-state index contributed by atoms with van der Waals surface area (Å²) in [6.45, 7) is 0. The number of carbonyl (C=O) groups is 2. The second kappa shape index (κ2) is 4.93.